The molecule has 2 atom stereocenters. The maximum absolute atomic E-state index is 13.3. The van der Waals surface area contributed by atoms with Crippen LogP contribution in [0.15, 0.2) is 126 Å². The fourth-order valence-corrected chi connectivity index (χ4v) is 8.39. The molecule has 5 N–H and O–H groups in total. The minimum absolute atomic E-state index is 0.0515. The summed E-state index contributed by atoms with van der Waals surface area (Å²) in [4.78, 5) is 80.9. The number of nitrogens with two attached hydrogens (primary N) is 1. The first-order valence-electron chi connectivity index (χ1n) is 18.6. The molecule has 0 aliphatic rings. The molecule has 58 heavy (non-hydrogen) atoms. The van der Waals surface area contributed by atoms with E-state index in [1.54, 1.807) is 43.1 Å². The second-order valence-electron chi connectivity index (χ2n) is 13.9. The quantitative estimate of drug-likeness (QED) is 0.0604. The highest BCUT2D eigenvalue weighted by atomic mass is 32.2. The van der Waals surface area contributed by atoms with E-state index in [0.717, 1.165) is 22.4 Å². The number of carbonyl (C=O) groups excluding carboxylic acids is 3. The molecule has 14 heteroatoms. The third kappa shape index (κ3) is 9.64. The first kappa shape index (κ1) is 41.0. The van der Waals surface area contributed by atoms with Crippen LogP contribution in [-0.4, -0.2) is 67.3 Å². The zero-order valence-electron chi connectivity index (χ0n) is 32.0. The SMILES string of the molecule is CC(=O)[C@H](CSC(c1ccccc1)(c1ccccc1)c1ccccc1)NC(=O)CC[C@H](CC(=O)c1ccc(N(C)Cc2cnc3nc(N)[nH]c(=O)c3n2)cc1)C(=O)O. The molecular weight excluding hydrogens is 755 g/mol. The third-order valence-electron chi connectivity index (χ3n) is 9.85. The van der Waals surface area contributed by atoms with E-state index in [1.807, 2.05) is 59.5 Å². The number of hydrogen-bond donors (Lipinski definition) is 4. The summed E-state index contributed by atoms with van der Waals surface area (Å²) in [6.45, 7) is 1.72. The van der Waals surface area contributed by atoms with E-state index in [4.69, 9.17) is 5.73 Å². The van der Waals surface area contributed by atoms with Crippen molar-refractivity contribution in [3.05, 3.63) is 160 Å². The number of carbonyl (C=O) groups is 4. The van der Waals surface area contributed by atoms with Gasteiger partial charge in [0.25, 0.3) is 5.56 Å². The lowest BCUT2D eigenvalue weighted by molar-refractivity contribution is -0.142. The number of hydrogen-bond acceptors (Lipinski definition) is 11. The lowest BCUT2D eigenvalue weighted by Gasteiger charge is -2.36. The van der Waals surface area contributed by atoms with Crippen molar-refractivity contribution in [1.29, 1.82) is 0 Å². The number of anilines is 2. The van der Waals surface area contributed by atoms with Gasteiger partial charge in [0.15, 0.2) is 22.7 Å². The van der Waals surface area contributed by atoms with Crippen molar-refractivity contribution in [1.82, 2.24) is 25.3 Å². The van der Waals surface area contributed by atoms with Crippen molar-refractivity contribution in [3.63, 3.8) is 0 Å². The van der Waals surface area contributed by atoms with Gasteiger partial charge in [-0.25, -0.2) is 9.97 Å². The van der Waals surface area contributed by atoms with Crippen LogP contribution in [-0.2, 0) is 25.7 Å². The van der Waals surface area contributed by atoms with Crippen molar-refractivity contribution in [2.75, 3.05) is 23.4 Å². The van der Waals surface area contributed by atoms with Gasteiger partial charge >= 0.3 is 5.97 Å². The van der Waals surface area contributed by atoms with Crippen molar-refractivity contribution in [2.45, 2.75) is 43.5 Å². The summed E-state index contributed by atoms with van der Waals surface area (Å²) in [5.74, 6) is -3.21. The Kier molecular flexibility index (Phi) is 13.1. The molecular formula is C44H43N7O6S. The number of ketones is 2. The number of thioether (sulfide) groups is 1. The Hall–Kier alpha value is -6.67. The van der Waals surface area contributed by atoms with Gasteiger partial charge in [0.1, 0.15) is 0 Å². The Labute approximate surface area is 339 Å². The lowest BCUT2D eigenvalue weighted by atomic mass is 9.84. The average molecular weight is 798 g/mol. The van der Waals surface area contributed by atoms with Crippen LogP contribution in [0.25, 0.3) is 11.2 Å². The number of H-pyrrole nitrogens is 1. The molecule has 1 amide bonds. The second kappa shape index (κ2) is 18.5. The highest BCUT2D eigenvalue weighted by Gasteiger charge is 2.38. The normalized spacial score (nSPS) is 12.4. The number of aliphatic carboxylic acids is 1. The Morgan fingerprint density at radius 1 is 0.862 bits per heavy atom. The molecule has 13 nitrogen and oxygen atoms in total. The van der Waals surface area contributed by atoms with Crippen LogP contribution < -0.4 is 21.5 Å². The van der Waals surface area contributed by atoms with Crippen molar-refractivity contribution in [2.24, 2.45) is 5.92 Å². The van der Waals surface area contributed by atoms with Gasteiger partial charge in [0.2, 0.25) is 11.9 Å². The van der Waals surface area contributed by atoms with Gasteiger partial charge in [-0.2, -0.15) is 4.98 Å². The number of amides is 1. The van der Waals surface area contributed by atoms with Crippen LogP contribution in [0.3, 0.4) is 0 Å². The predicted molar refractivity (Wildman–Crippen MR) is 225 cm³/mol. The van der Waals surface area contributed by atoms with Crippen LogP contribution in [0.2, 0.25) is 0 Å². The molecule has 0 aliphatic carbocycles. The molecule has 4 aromatic carbocycles. The summed E-state index contributed by atoms with van der Waals surface area (Å²) >= 11 is 1.54. The number of nitrogens with zero attached hydrogens (tertiary/aromatic N) is 4. The molecule has 0 fully saturated rings. The van der Waals surface area contributed by atoms with Crippen molar-refractivity contribution < 1.29 is 24.3 Å². The minimum atomic E-state index is -1.19. The third-order valence-corrected chi connectivity index (χ3v) is 11.5. The van der Waals surface area contributed by atoms with E-state index < -0.39 is 34.1 Å². The molecule has 0 unspecified atom stereocenters. The monoisotopic (exact) mass is 797 g/mol. The largest absolute Gasteiger partial charge is 0.481 e. The van der Waals surface area contributed by atoms with Gasteiger partial charge in [-0.3, -0.25) is 29.0 Å². The van der Waals surface area contributed by atoms with E-state index >= 15 is 0 Å². The predicted octanol–water partition coefficient (Wildman–Crippen LogP) is 5.78. The molecule has 0 aliphatic heterocycles. The number of Topliss-reactive ketones (excluding diaryl/α,β-unsaturated/α-hetero) is 2. The summed E-state index contributed by atoms with van der Waals surface area (Å²) in [5, 5.41) is 12.9. The Bertz CT molecular complexity index is 2350. The Balaban J connectivity index is 1.08. The fraction of sp³-hybridized carbons (Fsp3) is 0.227. The van der Waals surface area contributed by atoms with E-state index in [0.29, 0.717) is 17.8 Å². The maximum Gasteiger partial charge on any atom is 0.306 e. The van der Waals surface area contributed by atoms with Crippen LogP contribution in [0, 0.1) is 5.92 Å². The fourth-order valence-electron chi connectivity index (χ4n) is 6.75. The maximum atomic E-state index is 13.3. The van der Waals surface area contributed by atoms with E-state index in [-0.39, 0.29) is 53.7 Å². The zero-order valence-corrected chi connectivity index (χ0v) is 32.8. The number of benzene rings is 4. The van der Waals surface area contributed by atoms with Gasteiger partial charge in [-0.1, -0.05) is 91.0 Å². The van der Waals surface area contributed by atoms with Gasteiger partial charge in [-0.15, -0.1) is 11.8 Å². The van der Waals surface area contributed by atoms with Crippen LogP contribution in [0.1, 0.15) is 58.9 Å². The molecule has 6 aromatic rings. The summed E-state index contributed by atoms with van der Waals surface area (Å²) in [5.41, 5.74) is 9.91. The Morgan fingerprint density at radius 2 is 1.43 bits per heavy atom. The number of carboxylic acid groups (broad SMARTS) is 1. The van der Waals surface area contributed by atoms with E-state index in [9.17, 15) is 29.1 Å². The smallest absolute Gasteiger partial charge is 0.306 e. The van der Waals surface area contributed by atoms with E-state index in [2.05, 4.69) is 61.7 Å². The Morgan fingerprint density at radius 3 is 1.97 bits per heavy atom. The standard InChI is InChI=1S/C44H43N7O6S/c1-28(52)36(27-58-44(31-12-6-3-7-13-31,32-14-8-4-9-15-32)33-16-10-5-11-17-33)48-38(54)23-20-30(42(56)57)24-37(53)29-18-21-35(22-19-29)51(2)26-34-25-46-40-39(47-34)41(55)50-43(45)49-40/h3-19,21-22,25,30,36H,20,23-24,26-27H2,1-2H3,(H,48,54)(H,56,57)(H3,45,46,49,50,55)/t30-,36+/m1/s1. The highest BCUT2D eigenvalue weighted by molar-refractivity contribution is 8.00. The summed E-state index contributed by atoms with van der Waals surface area (Å²) in [7, 11) is 1.81. The second-order valence-corrected chi connectivity index (χ2v) is 15.1. The van der Waals surface area contributed by atoms with Gasteiger partial charge in [0, 0.05) is 36.9 Å². The number of nitrogen functional groups attached to an aromatic ring is 1. The number of nitrogens with one attached hydrogen (secondary N) is 2. The van der Waals surface area contributed by atoms with E-state index in [1.165, 1.54) is 13.1 Å². The topological polar surface area (TPSA) is 201 Å². The number of carboxylic acids is 1. The molecule has 0 saturated heterocycles. The molecule has 2 heterocycles. The van der Waals surface area contributed by atoms with Crippen LogP contribution >= 0.6 is 11.8 Å². The van der Waals surface area contributed by atoms with Crippen molar-refractivity contribution in [3.8, 4) is 0 Å². The first-order chi connectivity index (χ1) is 27.9. The molecule has 0 bridgehead atoms. The highest BCUT2D eigenvalue weighted by Crippen LogP contribution is 2.48. The number of aromatic amines is 1. The molecule has 0 radical (unpaired) electrons. The molecule has 0 saturated carbocycles. The molecule has 0 spiro atoms. The lowest BCUT2D eigenvalue weighted by Crippen LogP contribution is -2.43. The van der Waals surface area contributed by atoms with Gasteiger partial charge < -0.3 is 21.1 Å². The molecule has 296 valence electrons. The summed E-state index contributed by atoms with van der Waals surface area (Å²) in [6.07, 6.45) is 0.918. The number of aromatic nitrogens is 4. The molecule has 2 aromatic heterocycles. The zero-order chi connectivity index (χ0) is 41.2. The summed E-state index contributed by atoms with van der Waals surface area (Å²) < 4.78 is -0.702. The number of fused-ring (bicyclic) bond motifs is 1. The van der Waals surface area contributed by atoms with Crippen LogP contribution in [0.4, 0.5) is 11.6 Å². The van der Waals surface area contributed by atoms with Crippen LogP contribution in [0.5, 0.6) is 0 Å². The van der Waals surface area contributed by atoms with Gasteiger partial charge in [0.05, 0.1) is 35.1 Å². The first-order valence-corrected chi connectivity index (χ1v) is 19.6. The minimum Gasteiger partial charge on any atom is -0.481 e. The number of rotatable bonds is 18. The van der Waals surface area contributed by atoms with Gasteiger partial charge in [-0.05, 0) is 54.3 Å². The summed E-state index contributed by atoms with van der Waals surface area (Å²) in [6, 6.07) is 35.9. The molecule has 6 rings (SSSR count). The van der Waals surface area contributed by atoms with Crippen molar-refractivity contribution >= 4 is 58.0 Å². The average Bonchev–Trinajstić information content (AvgIpc) is 3.23.